The first-order valence-corrected chi connectivity index (χ1v) is 9.42. The van der Waals surface area contributed by atoms with Gasteiger partial charge in [-0.1, -0.05) is 0 Å². The van der Waals surface area contributed by atoms with E-state index in [0.717, 1.165) is 37.5 Å². The Hall–Kier alpha value is -1.80. The first-order chi connectivity index (χ1) is 12.2. The molecule has 2 heterocycles. The van der Waals surface area contributed by atoms with Gasteiger partial charge in [-0.25, -0.2) is 0 Å². The lowest BCUT2D eigenvalue weighted by Crippen LogP contribution is -2.48. The molecular weight excluding hydrogens is 431 g/mol. The van der Waals surface area contributed by atoms with Crippen molar-refractivity contribution in [3.8, 4) is 5.75 Å². The van der Waals surface area contributed by atoms with Gasteiger partial charge in [0.25, 0.3) is 5.91 Å². The Morgan fingerprint density at radius 3 is 2.52 bits per heavy atom. The number of carbonyl (C=O) groups is 1. The maximum Gasteiger partial charge on any atom is 0.253 e. The smallest absolute Gasteiger partial charge is 0.253 e. The van der Waals surface area contributed by atoms with E-state index >= 15 is 0 Å². The molecule has 1 fully saturated rings. The summed E-state index contributed by atoms with van der Waals surface area (Å²) in [6, 6.07) is 14.1. The number of rotatable bonds is 2. The first kappa shape index (κ1) is 16.7. The third kappa shape index (κ3) is 3.59. The molecule has 5 nitrogen and oxygen atoms in total. The molecule has 2 aromatic rings. The van der Waals surface area contributed by atoms with E-state index in [2.05, 4.69) is 51.8 Å². The number of halogens is 1. The monoisotopic (exact) mass is 450 g/mol. The number of benzene rings is 2. The van der Waals surface area contributed by atoms with Crippen LogP contribution in [0.25, 0.3) is 0 Å². The quantitative estimate of drug-likeness (QED) is 0.660. The molecule has 0 spiro atoms. The SMILES string of the molecule is O=C(c1ccc2c(c1)COCO2)N1CCN(c2ccc(I)cc2)CC1. The van der Waals surface area contributed by atoms with Crippen LogP contribution < -0.4 is 9.64 Å². The van der Waals surface area contributed by atoms with Crippen LogP contribution in [0.1, 0.15) is 15.9 Å². The topological polar surface area (TPSA) is 42.0 Å². The Bertz CT molecular complexity index is 771. The zero-order chi connectivity index (χ0) is 17.2. The lowest BCUT2D eigenvalue weighted by atomic mass is 10.1. The van der Waals surface area contributed by atoms with Gasteiger partial charge in [0.1, 0.15) is 5.75 Å². The predicted molar refractivity (Wildman–Crippen MR) is 104 cm³/mol. The van der Waals surface area contributed by atoms with Gasteiger partial charge < -0.3 is 19.3 Å². The molecule has 0 bridgehead atoms. The molecule has 0 unspecified atom stereocenters. The molecule has 2 aliphatic heterocycles. The molecule has 0 atom stereocenters. The largest absolute Gasteiger partial charge is 0.467 e. The third-order valence-corrected chi connectivity index (χ3v) is 5.34. The van der Waals surface area contributed by atoms with Crippen LogP contribution in [-0.4, -0.2) is 43.8 Å². The number of carbonyl (C=O) groups excluding carboxylic acids is 1. The molecule has 25 heavy (non-hydrogen) atoms. The highest BCUT2D eigenvalue weighted by molar-refractivity contribution is 14.1. The van der Waals surface area contributed by atoms with Crippen LogP contribution in [0.4, 0.5) is 5.69 Å². The van der Waals surface area contributed by atoms with E-state index in [-0.39, 0.29) is 12.7 Å². The van der Waals surface area contributed by atoms with Gasteiger partial charge in [0.15, 0.2) is 6.79 Å². The van der Waals surface area contributed by atoms with E-state index in [0.29, 0.717) is 12.2 Å². The number of nitrogens with zero attached hydrogens (tertiary/aromatic N) is 2. The highest BCUT2D eigenvalue weighted by Crippen LogP contribution is 2.25. The van der Waals surface area contributed by atoms with Crippen molar-refractivity contribution in [3.63, 3.8) is 0 Å². The molecule has 0 N–H and O–H groups in total. The van der Waals surface area contributed by atoms with Crippen molar-refractivity contribution in [1.29, 1.82) is 0 Å². The Morgan fingerprint density at radius 2 is 1.76 bits per heavy atom. The second-order valence-corrected chi connectivity index (χ2v) is 7.43. The van der Waals surface area contributed by atoms with Crippen molar-refractivity contribution in [1.82, 2.24) is 4.90 Å². The van der Waals surface area contributed by atoms with E-state index in [1.165, 1.54) is 9.26 Å². The number of ether oxygens (including phenoxy) is 2. The minimum absolute atomic E-state index is 0.0793. The summed E-state index contributed by atoms with van der Waals surface area (Å²) in [4.78, 5) is 17.1. The molecule has 4 rings (SSSR count). The Kier molecular flexibility index (Phi) is 4.80. The average Bonchev–Trinajstić information content (AvgIpc) is 2.68. The second kappa shape index (κ2) is 7.21. The zero-order valence-corrected chi connectivity index (χ0v) is 15.9. The highest BCUT2D eigenvalue weighted by Gasteiger charge is 2.23. The maximum absolute atomic E-state index is 12.8. The molecule has 2 aromatic carbocycles. The molecular formula is C19H19IN2O3. The molecule has 6 heteroatoms. The molecule has 0 radical (unpaired) electrons. The fraction of sp³-hybridized carbons (Fsp3) is 0.316. The summed E-state index contributed by atoms with van der Waals surface area (Å²) < 4.78 is 11.9. The highest BCUT2D eigenvalue weighted by atomic mass is 127. The standard InChI is InChI=1S/C19H19IN2O3/c20-16-2-4-17(5-3-16)21-7-9-22(10-8-21)19(23)14-1-6-18-15(11-14)12-24-13-25-18/h1-6,11H,7-10,12-13H2. The van der Waals surface area contributed by atoms with E-state index < -0.39 is 0 Å². The lowest BCUT2D eigenvalue weighted by Gasteiger charge is -2.36. The Balaban J connectivity index is 1.42. The van der Waals surface area contributed by atoms with Crippen molar-refractivity contribution < 1.29 is 14.3 Å². The van der Waals surface area contributed by atoms with Gasteiger partial charge in [-0.05, 0) is 65.1 Å². The first-order valence-electron chi connectivity index (χ1n) is 8.34. The molecule has 0 aliphatic carbocycles. The molecule has 0 saturated carbocycles. The number of fused-ring (bicyclic) bond motifs is 1. The molecule has 1 saturated heterocycles. The summed E-state index contributed by atoms with van der Waals surface area (Å²) in [7, 11) is 0. The van der Waals surface area contributed by atoms with Gasteiger partial charge in [-0.2, -0.15) is 0 Å². The van der Waals surface area contributed by atoms with Crippen LogP contribution in [0.2, 0.25) is 0 Å². The van der Waals surface area contributed by atoms with Crippen LogP contribution in [-0.2, 0) is 11.3 Å². The molecule has 1 amide bonds. The fourth-order valence-electron chi connectivity index (χ4n) is 3.23. The van der Waals surface area contributed by atoms with Crippen LogP contribution in [0.3, 0.4) is 0 Å². The predicted octanol–water partition coefficient (Wildman–Crippen LogP) is 3.12. The number of hydrogen-bond donors (Lipinski definition) is 0. The Labute approximate surface area is 160 Å². The summed E-state index contributed by atoms with van der Waals surface area (Å²) >= 11 is 2.31. The van der Waals surface area contributed by atoms with Gasteiger partial charge in [-0.15, -0.1) is 0 Å². The number of hydrogen-bond acceptors (Lipinski definition) is 4. The van der Waals surface area contributed by atoms with Gasteiger partial charge in [0, 0.05) is 46.6 Å². The second-order valence-electron chi connectivity index (χ2n) is 6.19. The summed E-state index contributed by atoms with van der Waals surface area (Å²) in [5.41, 5.74) is 2.86. The minimum atomic E-state index is 0.0793. The lowest BCUT2D eigenvalue weighted by molar-refractivity contribution is -0.0164. The van der Waals surface area contributed by atoms with E-state index in [1.54, 1.807) is 0 Å². The molecule has 130 valence electrons. The van der Waals surface area contributed by atoms with Crippen molar-refractivity contribution in [2.24, 2.45) is 0 Å². The van der Waals surface area contributed by atoms with E-state index in [9.17, 15) is 4.79 Å². The Morgan fingerprint density at radius 1 is 1.00 bits per heavy atom. The van der Waals surface area contributed by atoms with Gasteiger partial charge in [-0.3, -0.25) is 4.79 Å². The number of piperazine rings is 1. The fourth-order valence-corrected chi connectivity index (χ4v) is 3.58. The van der Waals surface area contributed by atoms with Crippen molar-refractivity contribution >= 4 is 34.2 Å². The summed E-state index contributed by atoms with van der Waals surface area (Å²) in [5.74, 6) is 0.891. The van der Waals surface area contributed by atoms with Crippen LogP contribution in [0.15, 0.2) is 42.5 Å². The summed E-state index contributed by atoms with van der Waals surface area (Å²) in [6.07, 6.45) is 0. The van der Waals surface area contributed by atoms with Crippen LogP contribution >= 0.6 is 22.6 Å². The van der Waals surface area contributed by atoms with Crippen molar-refractivity contribution in [3.05, 3.63) is 57.2 Å². The average molecular weight is 450 g/mol. The van der Waals surface area contributed by atoms with Crippen molar-refractivity contribution in [2.45, 2.75) is 6.61 Å². The van der Waals surface area contributed by atoms with Crippen LogP contribution in [0, 0.1) is 3.57 Å². The summed E-state index contributed by atoms with van der Waals surface area (Å²) in [5, 5.41) is 0. The molecule has 2 aliphatic rings. The molecule has 0 aromatic heterocycles. The van der Waals surface area contributed by atoms with Gasteiger partial charge >= 0.3 is 0 Å². The minimum Gasteiger partial charge on any atom is -0.467 e. The summed E-state index contributed by atoms with van der Waals surface area (Å²) in [6.45, 7) is 3.94. The third-order valence-electron chi connectivity index (χ3n) is 4.62. The normalized spacial score (nSPS) is 17.0. The van der Waals surface area contributed by atoms with E-state index in [1.807, 2.05) is 23.1 Å². The maximum atomic E-state index is 12.8. The van der Waals surface area contributed by atoms with Gasteiger partial charge in [0.05, 0.1) is 6.61 Å². The van der Waals surface area contributed by atoms with E-state index in [4.69, 9.17) is 9.47 Å². The van der Waals surface area contributed by atoms with Crippen LogP contribution in [0.5, 0.6) is 5.75 Å². The number of amides is 1. The zero-order valence-electron chi connectivity index (χ0n) is 13.8. The number of anilines is 1. The van der Waals surface area contributed by atoms with Crippen molar-refractivity contribution in [2.75, 3.05) is 37.9 Å². The van der Waals surface area contributed by atoms with Gasteiger partial charge in [0.2, 0.25) is 0 Å².